The van der Waals surface area contributed by atoms with E-state index in [-0.39, 0.29) is 13.0 Å². The van der Waals surface area contributed by atoms with E-state index < -0.39 is 29.7 Å². The molecule has 22 heavy (non-hydrogen) atoms. The Balaban J connectivity index is 2.53. The number of carboxylic acids is 1. The molecule has 7 heteroatoms. The lowest BCUT2D eigenvalue weighted by Crippen LogP contribution is -2.48. The monoisotopic (exact) mass is 303 g/mol. The van der Waals surface area contributed by atoms with Crippen LogP contribution in [0.4, 0.5) is 0 Å². The van der Waals surface area contributed by atoms with Crippen molar-refractivity contribution in [1.82, 2.24) is 10.6 Å². The number of aliphatic carboxylic acids is 1. The van der Waals surface area contributed by atoms with Gasteiger partial charge in [0, 0.05) is 17.9 Å². The zero-order valence-corrected chi connectivity index (χ0v) is 12.1. The van der Waals surface area contributed by atoms with Crippen LogP contribution in [-0.2, 0) is 9.59 Å². The molecule has 0 fully saturated rings. The molecule has 2 atom stereocenters. The van der Waals surface area contributed by atoms with Crippen LogP contribution in [0.3, 0.4) is 0 Å². The smallest absolute Gasteiger partial charge is 0.326 e. The molecule has 2 amide bonds. The second kappa shape index (κ2) is 8.42. The first-order valence-electron chi connectivity index (χ1n) is 6.68. The number of benzene rings is 1. The number of hydrogen-bond donors (Lipinski definition) is 3. The van der Waals surface area contributed by atoms with E-state index in [0.717, 1.165) is 0 Å². The van der Waals surface area contributed by atoms with Crippen LogP contribution in [0.15, 0.2) is 30.3 Å². The van der Waals surface area contributed by atoms with Crippen LogP contribution in [0, 0.1) is 17.2 Å². The molecule has 1 aromatic carbocycles. The van der Waals surface area contributed by atoms with Crippen LogP contribution in [-0.4, -0.2) is 35.5 Å². The number of carboxylic acid groups (broad SMARTS) is 1. The van der Waals surface area contributed by atoms with E-state index in [1.165, 1.54) is 0 Å². The lowest BCUT2D eigenvalue weighted by atomic mass is 9.99. The molecule has 0 unspecified atom stereocenters. The zero-order chi connectivity index (χ0) is 16.5. The summed E-state index contributed by atoms with van der Waals surface area (Å²) in [5, 5.41) is 22.4. The first kappa shape index (κ1) is 17.2. The minimum absolute atomic E-state index is 0.00756. The molecular weight excluding hydrogens is 286 g/mol. The molecule has 7 nitrogen and oxygen atoms in total. The number of nitrogens with one attached hydrogen (secondary N) is 2. The van der Waals surface area contributed by atoms with E-state index in [4.69, 9.17) is 10.4 Å². The SMILES string of the molecule is C[C@H](CC#N)[C@H](NC(=O)CNC(=O)c1ccccc1)C(=O)O. The second-order valence-corrected chi connectivity index (χ2v) is 4.77. The Labute approximate surface area is 127 Å². The van der Waals surface area contributed by atoms with Crippen molar-refractivity contribution in [3.05, 3.63) is 35.9 Å². The minimum atomic E-state index is -1.22. The molecule has 1 aromatic rings. The summed E-state index contributed by atoms with van der Waals surface area (Å²) in [6.45, 7) is 1.22. The van der Waals surface area contributed by atoms with Crippen molar-refractivity contribution >= 4 is 17.8 Å². The van der Waals surface area contributed by atoms with Gasteiger partial charge in [0.1, 0.15) is 6.04 Å². The summed E-state index contributed by atoms with van der Waals surface area (Å²) in [7, 11) is 0. The summed E-state index contributed by atoms with van der Waals surface area (Å²) in [4.78, 5) is 34.6. The Morgan fingerprint density at radius 3 is 2.45 bits per heavy atom. The lowest BCUT2D eigenvalue weighted by molar-refractivity contribution is -0.143. The Morgan fingerprint density at radius 2 is 1.91 bits per heavy atom. The minimum Gasteiger partial charge on any atom is -0.480 e. The molecule has 3 N–H and O–H groups in total. The maximum atomic E-state index is 11.8. The Kier molecular flexibility index (Phi) is 6.57. The van der Waals surface area contributed by atoms with Crippen LogP contribution < -0.4 is 10.6 Å². The number of amides is 2. The van der Waals surface area contributed by atoms with E-state index in [1.807, 2.05) is 6.07 Å². The van der Waals surface area contributed by atoms with Gasteiger partial charge in [0.2, 0.25) is 5.91 Å². The standard InChI is InChI=1S/C15H17N3O4/c1-10(7-8-16)13(15(21)22)18-12(19)9-17-14(20)11-5-3-2-4-6-11/h2-6,10,13H,7,9H2,1H3,(H,17,20)(H,18,19)(H,21,22)/t10-,13+/m1/s1. The lowest BCUT2D eigenvalue weighted by Gasteiger charge is -2.19. The molecule has 0 aliphatic carbocycles. The third-order valence-electron chi connectivity index (χ3n) is 3.01. The highest BCUT2D eigenvalue weighted by Gasteiger charge is 2.26. The molecule has 0 aliphatic heterocycles. The van der Waals surface area contributed by atoms with Gasteiger partial charge in [-0.15, -0.1) is 0 Å². The fourth-order valence-corrected chi connectivity index (χ4v) is 1.79. The second-order valence-electron chi connectivity index (χ2n) is 4.77. The highest BCUT2D eigenvalue weighted by molar-refractivity contribution is 5.96. The molecule has 0 saturated carbocycles. The van der Waals surface area contributed by atoms with Crippen LogP contribution in [0.5, 0.6) is 0 Å². The van der Waals surface area contributed by atoms with Gasteiger partial charge in [-0.1, -0.05) is 25.1 Å². The van der Waals surface area contributed by atoms with Crippen LogP contribution >= 0.6 is 0 Å². The third kappa shape index (κ3) is 5.25. The van der Waals surface area contributed by atoms with Gasteiger partial charge in [-0.3, -0.25) is 9.59 Å². The first-order valence-corrected chi connectivity index (χ1v) is 6.68. The summed E-state index contributed by atoms with van der Waals surface area (Å²) in [5.74, 6) is -2.80. The molecule has 1 rings (SSSR count). The van der Waals surface area contributed by atoms with Gasteiger partial charge in [-0.25, -0.2) is 4.79 Å². The molecule has 0 aromatic heterocycles. The Bertz CT molecular complexity index is 580. The largest absolute Gasteiger partial charge is 0.480 e. The van der Waals surface area contributed by atoms with Crippen molar-refractivity contribution in [3.8, 4) is 6.07 Å². The summed E-state index contributed by atoms with van der Waals surface area (Å²) in [6, 6.07) is 9.04. The average molecular weight is 303 g/mol. The van der Waals surface area contributed by atoms with Crippen molar-refractivity contribution in [3.63, 3.8) is 0 Å². The zero-order valence-electron chi connectivity index (χ0n) is 12.1. The van der Waals surface area contributed by atoms with Gasteiger partial charge in [-0.2, -0.15) is 5.26 Å². The normalized spacial score (nSPS) is 12.5. The Morgan fingerprint density at radius 1 is 1.27 bits per heavy atom. The maximum Gasteiger partial charge on any atom is 0.326 e. The molecule has 116 valence electrons. The van der Waals surface area contributed by atoms with E-state index in [2.05, 4.69) is 10.6 Å². The molecule has 0 saturated heterocycles. The number of hydrogen-bond acceptors (Lipinski definition) is 4. The van der Waals surface area contributed by atoms with Gasteiger partial charge in [0.05, 0.1) is 12.6 Å². The summed E-state index contributed by atoms with van der Waals surface area (Å²) in [6.07, 6.45) is 0.00756. The third-order valence-corrected chi connectivity index (χ3v) is 3.01. The molecule has 0 spiro atoms. The molecule has 0 bridgehead atoms. The van der Waals surface area contributed by atoms with Gasteiger partial charge < -0.3 is 15.7 Å². The van der Waals surface area contributed by atoms with Crippen LogP contribution in [0.25, 0.3) is 0 Å². The van der Waals surface area contributed by atoms with E-state index in [0.29, 0.717) is 5.56 Å². The number of nitriles is 1. The fourth-order valence-electron chi connectivity index (χ4n) is 1.79. The van der Waals surface area contributed by atoms with Gasteiger partial charge in [0.25, 0.3) is 5.91 Å². The molecular formula is C15H17N3O4. The maximum absolute atomic E-state index is 11.8. The van der Waals surface area contributed by atoms with Crippen molar-refractivity contribution in [2.24, 2.45) is 5.92 Å². The predicted octanol–water partition coefficient (Wildman–Crippen LogP) is 0.536. The molecule has 0 radical (unpaired) electrons. The number of carbonyl (C=O) groups excluding carboxylic acids is 2. The highest BCUT2D eigenvalue weighted by atomic mass is 16.4. The quantitative estimate of drug-likeness (QED) is 0.679. The fraction of sp³-hybridized carbons (Fsp3) is 0.333. The Hall–Kier alpha value is -2.88. The van der Waals surface area contributed by atoms with Gasteiger partial charge in [-0.05, 0) is 12.1 Å². The summed E-state index contributed by atoms with van der Waals surface area (Å²) >= 11 is 0. The van der Waals surface area contributed by atoms with E-state index >= 15 is 0 Å². The number of nitrogens with zero attached hydrogens (tertiary/aromatic N) is 1. The van der Waals surface area contributed by atoms with Crippen molar-refractivity contribution in [1.29, 1.82) is 5.26 Å². The van der Waals surface area contributed by atoms with E-state index in [1.54, 1.807) is 37.3 Å². The van der Waals surface area contributed by atoms with E-state index in [9.17, 15) is 14.4 Å². The summed E-state index contributed by atoms with van der Waals surface area (Å²) in [5.41, 5.74) is 0.405. The number of rotatable bonds is 7. The van der Waals surface area contributed by atoms with Crippen LogP contribution in [0.2, 0.25) is 0 Å². The first-order chi connectivity index (χ1) is 10.5. The van der Waals surface area contributed by atoms with Crippen molar-refractivity contribution in [2.45, 2.75) is 19.4 Å². The highest BCUT2D eigenvalue weighted by Crippen LogP contribution is 2.07. The predicted molar refractivity (Wildman–Crippen MR) is 77.7 cm³/mol. The molecule has 0 heterocycles. The summed E-state index contributed by atoms with van der Waals surface area (Å²) < 4.78 is 0. The van der Waals surface area contributed by atoms with Crippen molar-refractivity contribution < 1.29 is 19.5 Å². The van der Waals surface area contributed by atoms with Gasteiger partial charge in [0.15, 0.2) is 0 Å². The van der Waals surface area contributed by atoms with Crippen molar-refractivity contribution in [2.75, 3.05) is 6.54 Å². The van der Waals surface area contributed by atoms with Crippen LogP contribution in [0.1, 0.15) is 23.7 Å². The molecule has 0 aliphatic rings. The van der Waals surface area contributed by atoms with Gasteiger partial charge >= 0.3 is 5.97 Å². The topological polar surface area (TPSA) is 119 Å². The number of carbonyl (C=O) groups is 3. The average Bonchev–Trinajstić information content (AvgIpc) is 2.51.